The number of methoxy groups -OCH3 is 1. The van der Waals surface area contributed by atoms with Gasteiger partial charge in [-0.25, -0.2) is 4.79 Å². The zero-order chi connectivity index (χ0) is 13.8. The third-order valence-corrected chi connectivity index (χ3v) is 3.55. The van der Waals surface area contributed by atoms with Crippen molar-refractivity contribution in [1.29, 1.82) is 0 Å². The van der Waals surface area contributed by atoms with E-state index in [2.05, 4.69) is 26.0 Å². The van der Waals surface area contributed by atoms with Crippen molar-refractivity contribution in [2.24, 2.45) is 0 Å². The first-order chi connectivity index (χ1) is 9.11. The highest BCUT2D eigenvalue weighted by molar-refractivity contribution is 9.10. The fourth-order valence-corrected chi connectivity index (χ4v) is 2.57. The molecule has 1 aliphatic heterocycles. The Balaban J connectivity index is 2.05. The molecular weight excluding hydrogens is 312 g/mol. The molecule has 2 rings (SSSR count). The Morgan fingerprint density at radius 2 is 2.26 bits per heavy atom. The van der Waals surface area contributed by atoms with Crippen molar-refractivity contribution in [3.8, 4) is 0 Å². The number of hydrogen-bond donors (Lipinski definition) is 1. The lowest BCUT2D eigenvalue weighted by molar-refractivity contribution is -0.119. The molecule has 19 heavy (non-hydrogen) atoms. The molecule has 1 fully saturated rings. The minimum Gasteiger partial charge on any atom is -0.453 e. The molecule has 0 aliphatic carbocycles. The van der Waals surface area contributed by atoms with Crippen LogP contribution in [0.1, 0.15) is 12.8 Å². The van der Waals surface area contributed by atoms with Crippen LogP contribution in [0.2, 0.25) is 0 Å². The first-order valence-electron chi connectivity index (χ1n) is 6.03. The van der Waals surface area contributed by atoms with E-state index in [0.717, 1.165) is 10.9 Å². The van der Waals surface area contributed by atoms with Crippen molar-refractivity contribution in [3.63, 3.8) is 0 Å². The molecule has 1 aliphatic rings. The summed E-state index contributed by atoms with van der Waals surface area (Å²) in [6.45, 7) is 0.559. The van der Waals surface area contributed by atoms with Crippen molar-refractivity contribution in [1.82, 2.24) is 4.90 Å². The van der Waals surface area contributed by atoms with E-state index in [1.54, 1.807) is 6.07 Å². The van der Waals surface area contributed by atoms with Gasteiger partial charge in [0, 0.05) is 16.7 Å². The van der Waals surface area contributed by atoms with Gasteiger partial charge in [0.2, 0.25) is 5.91 Å². The minimum atomic E-state index is -0.452. The van der Waals surface area contributed by atoms with Gasteiger partial charge in [-0.05, 0) is 31.0 Å². The van der Waals surface area contributed by atoms with Gasteiger partial charge < -0.3 is 10.1 Å². The van der Waals surface area contributed by atoms with Gasteiger partial charge >= 0.3 is 6.09 Å². The summed E-state index contributed by atoms with van der Waals surface area (Å²) in [5.41, 5.74) is 0.705. The van der Waals surface area contributed by atoms with E-state index in [1.807, 2.05) is 18.2 Å². The molecule has 1 unspecified atom stereocenters. The van der Waals surface area contributed by atoms with Gasteiger partial charge in [0.15, 0.2) is 0 Å². The third kappa shape index (κ3) is 3.26. The molecular formula is C13H15BrN2O3. The summed E-state index contributed by atoms with van der Waals surface area (Å²) in [5.74, 6) is -0.180. The molecule has 1 atom stereocenters. The number of rotatable bonds is 2. The Labute approximate surface area is 120 Å². The van der Waals surface area contributed by atoms with Crippen LogP contribution in [-0.2, 0) is 9.53 Å². The smallest absolute Gasteiger partial charge is 0.410 e. The molecule has 5 nitrogen and oxygen atoms in total. The molecule has 1 aromatic rings. The highest BCUT2D eigenvalue weighted by Gasteiger charge is 2.34. The predicted octanol–water partition coefficient (Wildman–Crippen LogP) is 2.62. The van der Waals surface area contributed by atoms with E-state index in [4.69, 9.17) is 0 Å². The summed E-state index contributed by atoms with van der Waals surface area (Å²) in [6, 6.07) is 6.89. The van der Waals surface area contributed by atoms with Crippen molar-refractivity contribution in [2.75, 3.05) is 19.0 Å². The van der Waals surface area contributed by atoms with Crippen LogP contribution in [-0.4, -0.2) is 36.6 Å². The number of halogens is 1. The number of likely N-dealkylation sites (tertiary alicyclic amines) is 1. The molecule has 0 radical (unpaired) electrons. The van der Waals surface area contributed by atoms with Crippen LogP contribution in [0.25, 0.3) is 0 Å². The van der Waals surface area contributed by atoms with Crippen molar-refractivity contribution < 1.29 is 14.3 Å². The molecule has 0 bridgehead atoms. The summed E-state index contributed by atoms with van der Waals surface area (Å²) in [6.07, 6.45) is 1.02. The number of ether oxygens (including phenoxy) is 1. The quantitative estimate of drug-likeness (QED) is 0.908. The number of nitrogens with one attached hydrogen (secondary N) is 1. The molecule has 0 spiro atoms. The van der Waals surface area contributed by atoms with E-state index >= 15 is 0 Å². The van der Waals surface area contributed by atoms with Crippen LogP contribution in [0.15, 0.2) is 28.7 Å². The van der Waals surface area contributed by atoms with Gasteiger partial charge in [0.05, 0.1) is 7.11 Å². The monoisotopic (exact) mass is 326 g/mol. The third-order valence-electron chi connectivity index (χ3n) is 3.06. The number of benzene rings is 1. The predicted molar refractivity (Wildman–Crippen MR) is 74.9 cm³/mol. The molecule has 0 saturated carbocycles. The fourth-order valence-electron chi connectivity index (χ4n) is 2.17. The van der Waals surface area contributed by atoms with E-state index < -0.39 is 12.1 Å². The largest absolute Gasteiger partial charge is 0.453 e. The van der Waals surface area contributed by atoms with Crippen molar-refractivity contribution >= 4 is 33.6 Å². The van der Waals surface area contributed by atoms with Crippen molar-refractivity contribution in [3.05, 3.63) is 28.7 Å². The van der Waals surface area contributed by atoms with Gasteiger partial charge in [-0.2, -0.15) is 0 Å². The maximum Gasteiger partial charge on any atom is 0.410 e. The van der Waals surface area contributed by atoms with Crippen LogP contribution in [0.4, 0.5) is 10.5 Å². The normalized spacial score (nSPS) is 18.2. The SMILES string of the molecule is COC(=O)N1CCCC1C(=O)Nc1cccc(Br)c1. The molecule has 1 aromatic carbocycles. The molecule has 2 amide bonds. The van der Waals surface area contributed by atoms with Crippen LogP contribution < -0.4 is 5.32 Å². The highest BCUT2D eigenvalue weighted by Crippen LogP contribution is 2.21. The lowest BCUT2D eigenvalue weighted by Gasteiger charge is -2.22. The summed E-state index contributed by atoms with van der Waals surface area (Å²) in [4.78, 5) is 25.2. The summed E-state index contributed by atoms with van der Waals surface area (Å²) in [5, 5.41) is 2.82. The van der Waals surface area contributed by atoms with E-state index in [1.165, 1.54) is 12.0 Å². The van der Waals surface area contributed by atoms with Crippen LogP contribution in [0.5, 0.6) is 0 Å². The van der Waals surface area contributed by atoms with E-state index in [-0.39, 0.29) is 5.91 Å². The van der Waals surface area contributed by atoms with Gasteiger partial charge in [0.1, 0.15) is 6.04 Å². The van der Waals surface area contributed by atoms with Gasteiger partial charge in [0.25, 0.3) is 0 Å². The maximum atomic E-state index is 12.2. The lowest BCUT2D eigenvalue weighted by atomic mass is 10.2. The Bertz CT molecular complexity index is 493. The Morgan fingerprint density at radius 3 is 2.95 bits per heavy atom. The standard InChI is InChI=1S/C13H15BrN2O3/c1-19-13(18)16-7-3-6-11(16)12(17)15-10-5-2-4-9(14)8-10/h2,4-5,8,11H,3,6-7H2,1H3,(H,15,17). The lowest BCUT2D eigenvalue weighted by Crippen LogP contribution is -2.43. The summed E-state index contributed by atoms with van der Waals surface area (Å²) in [7, 11) is 1.32. The van der Waals surface area contributed by atoms with Gasteiger partial charge in [-0.1, -0.05) is 22.0 Å². The van der Waals surface area contributed by atoms with Crippen LogP contribution in [0, 0.1) is 0 Å². The number of anilines is 1. The molecule has 1 saturated heterocycles. The van der Waals surface area contributed by atoms with Gasteiger partial charge in [-0.3, -0.25) is 9.69 Å². The Kier molecular flexibility index (Phi) is 4.42. The topological polar surface area (TPSA) is 58.6 Å². The maximum absolute atomic E-state index is 12.2. The van der Waals surface area contributed by atoms with E-state index in [9.17, 15) is 9.59 Å². The zero-order valence-corrected chi connectivity index (χ0v) is 12.1. The second kappa shape index (κ2) is 6.06. The first kappa shape index (κ1) is 13.9. The second-order valence-corrected chi connectivity index (χ2v) is 5.24. The number of hydrogen-bond acceptors (Lipinski definition) is 3. The van der Waals surface area contributed by atoms with Crippen LogP contribution >= 0.6 is 15.9 Å². The number of carbonyl (C=O) groups excluding carboxylic acids is 2. The molecule has 6 heteroatoms. The van der Waals surface area contributed by atoms with Gasteiger partial charge in [-0.15, -0.1) is 0 Å². The average Bonchev–Trinajstić information content (AvgIpc) is 2.87. The molecule has 1 N–H and O–H groups in total. The Hall–Kier alpha value is -1.56. The first-order valence-corrected chi connectivity index (χ1v) is 6.82. The molecule has 0 aromatic heterocycles. The second-order valence-electron chi connectivity index (χ2n) is 4.32. The highest BCUT2D eigenvalue weighted by atomic mass is 79.9. The summed E-state index contributed by atoms with van der Waals surface area (Å²) < 4.78 is 5.57. The summed E-state index contributed by atoms with van der Waals surface area (Å²) >= 11 is 3.35. The van der Waals surface area contributed by atoms with Crippen molar-refractivity contribution in [2.45, 2.75) is 18.9 Å². The molecule has 102 valence electrons. The minimum absolute atomic E-state index is 0.180. The number of nitrogens with zero attached hydrogens (tertiary/aromatic N) is 1. The molecule has 1 heterocycles. The average molecular weight is 327 g/mol. The zero-order valence-electron chi connectivity index (χ0n) is 10.6. The number of amides is 2. The van der Waals surface area contributed by atoms with Crippen LogP contribution in [0.3, 0.4) is 0 Å². The Morgan fingerprint density at radius 1 is 1.47 bits per heavy atom. The van der Waals surface area contributed by atoms with E-state index in [0.29, 0.717) is 18.7 Å². The fraction of sp³-hybridized carbons (Fsp3) is 0.385. The number of carbonyl (C=O) groups is 2.